The second kappa shape index (κ2) is 10.7. The van der Waals surface area contributed by atoms with Gasteiger partial charge in [-0.05, 0) is 30.5 Å². The standard InChI is InChI=1S/C22H28ClN5O3/c23-19-16-25-22(28-6-1-2-7-28)26-20(19)21(29)24-15-17-4-3-5-18(14-17)31-13-10-27-8-11-30-12-9-27/h3-5,14,16H,1-2,6-13,15H2,(H,24,29). The van der Waals surface area contributed by atoms with Crippen LogP contribution < -0.4 is 15.0 Å². The molecular weight excluding hydrogens is 418 g/mol. The Kier molecular flexibility index (Phi) is 7.56. The molecule has 2 saturated heterocycles. The predicted molar refractivity (Wildman–Crippen MR) is 119 cm³/mol. The van der Waals surface area contributed by atoms with E-state index in [9.17, 15) is 4.79 Å². The molecule has 1 aromatic carbocycles. The molecule has 0 bridgehead atoms. The Balaban J connectivity index is 1.30. The molecule has 1 aromatic heterocycles. The van der Waals surface area contributed by atoms with Crippen molar-refractivity contribution in [3.63, 3.8) is 0 Å². The smallest absolute Gasteiger partial charge is 0.271 e. The maximum Gasteiger partial charge on any atom is 0.271 e. The number of anilines is 1. The third-order valence-electron chi connectivity index (χ3n) is 5.47. The molecule has 0 aliphatic carbocycles. The van der Waals surface area contributed by atoms with Gasteiger partial charge >= 0.3 is 0 Å². The second-order valence-corrected chi connectivity index (χ2v) is 8.10. The lowest BCUT2D eigenvalue weighted by molar-refractivity contribution is 0.0322. The Hall–Kier alpha value is -2.42. The predicted octanol–water partition coefficient (Wildman–Crippen LogP) is 2.37. The molecule has 9 heteroatoms. The molecule has 8 nitrogen and oxygen atoms in total. The Morgan fingerprint density at radius 1 is 1.19 bits per heavy atom. The summed E-state index contributed by atoms with van der Waals surface area (Å²) in [5, 5.41) is 3.15. The topological polar surface area (TPSA) is 79.8 Å². The number of carbonyl (C=O) groups is 1. The fourth-order valence-corrected chi connectivity index (χ4v) is 3.89. The monoisotopic (exact) mass is 445 g/mol. The number of carbonyl (C=O) groups excluding carboxylic acids is 1. The summed E-state index contributed by atoms with van der Waals surface area (Å²) in [5.74, 6) is 1.03. The second-order valence-electron chi connectivity index (χ2n) is 7.69. The van der Waals surface area contributed by atoms with Crippen molar-refractivity contribution in [2.45, 2.75) is 19.4 Å². The zero-order chi connectivity index (χ0) is 21.5. The van der Waals surface area contributed by atoms with Crippen LogP contribution in [0.25, 0.3) is 0 Å². The van der Waals surface area contributed by atoms with E-state index in [2.05, 4.69) is 25.1 Å². The summed E-state index contributed by atoms with van der Waals surface area (Å²) < 4.78 is 11.3. The van der Waals surface area contributed by atoms with Crippen LogP contribution in [0.5, 0.6) is 5.75 Å². The van der Waals surface area contributed by atoms with Gasteiger partial charge in [0.15, 0.2) is 5.69 Å². The lowest BCUT2D eigenvalue weighted by Crippen LogP contribution is -2.38. The Morgan fingerprint density at radius 2 is 2.00 bits per heavy atom. The minimum Gasteiger partial charge on any atom is -0.492 e. The number of benzene rings is 1. The van der Waals surface area contributed by atoms with Gasteiger partial charge in [0.1, 0.15) is 12.4 Å². The fraction of sp³-hybridized carbons (Fsp3) is 0.500. The number of nitrogens with zero attached hydrogens (tertiary/aromatic N) is 4. The van der Waals surface area contributed by atoms with E-state index in [-0.39, 0.29) is 16.6 Å². The van der Waals surface area contributed by atoms with Crippen molar-refractivity contribution in [3.8, 4) is 5.75 Å². The molecule has 1 amide bonds. The summed E-state index contributed by atoms with van der Waals surface area (Å²) >= 11 is 6.19. The SMILES string of the molecule is O=C(NCc1cccc(OCCN2CCOCC2)c1)c1nc(N2CCCC2)ncc1Cl. The van der Waals surface area contributed by atoms with Gasteiger partial charge in [-0.3, -0.25) is 9.69 Å². The number of hydrogen-bond acceptors (Lipinski definition) is 7. The van der Waals surface area contributed by atoms with E-state index < -0.39 is 0 Å². The van der Waals surface area contributed by atoms with Gasteiger partial charge in [0, 0.05) is 39.3 Å². The summed E-state index contributed by atoms with van der Waals surface area (Å²) in [6.45, 7) is 7.11. The van der Waals surface area contributed by atoms with Crippen LogP contribution in [-0.2, 0) is 11.3 Å². The zero-order valence-corrected chi connectivity index (χ0v) is 18.3. The van der Waals surface area contributed by atoms with Crippen LogP contribution in [0.2, 0.25) is 5.02 Å². The van der Waals surface area contributed by atoms with Crippen molar-refractivity contribution in [2.24, 2.45) is 0 Å². The Morgan fingerprint density at radius 3 is 2.81 bits per heavy atom. The lowest BCUT2D eigenvalue weighted by Gasteiger charge is -2.26. The number of amides is 1. The van der Waals surface area contributed by atoms with Gasteiger partial charge in [0.2, 0.25) is 5.95 Å². The van der Waals surface area contributed by atoms with E-state index in [1.807, 2.05) is 24.3 Å². The van der Waals surface area contributed by atoms with Gasteiger partial charge in [0.05, 0.1) is 24.4 Å². The van der Waals surface area contributed by atoms with Crippen LogP contribution in [-0.4, -0.2) is 73.3 Å². The molecule has 0 unspecified atom stereocenters. The number of halogens is 1. The van der Waals surface area contributed by atoms with Crippen molar-refractivity contribution in [1.29, 1.82) is 0 Å². The first-order chi connectivity index (χ1) is 15.2. The summed E-state index contributed by atoms with van der Waals surface area (Å²) in [4.78, 5) is 25.8. The van der Waals surface area contributed by atoms with Crippen LogP contribution in [0.3, 0.4) is 0 Å². The highest BCUT2D eigenvalue weighted by molar-refractivity contribution is 6.33. The summed E-state index contributed by atoms with van der Waals surface area (Å²) in [5.41, 5.74) is 1.15. The van der Waals surface area contributed by atoms with Gasteiger partial charge in [-0.25, -0.2) is 9.97 Å². The van der Waals surface area contributed by atoms with Crippen molar-refractivity contribution >= 4 is 23.5 Å². The zero-order valence-electron chi connectivity index (χ0n) is 17.6. The van der Waals surface area contributed by atoms with Crippen LogP contribution in [0, 0.1) is 0 Å². The van der Waals surface area contributed by atoms with E-state index in [0.29, 0.717) is 19.1 Å². The minimum atomic E-state index is -0.313. The molecular formula is C22H28ClN5O3. The van der Waals surface area contributed by atoms with E-state index in [1.165, 1.54) is 6.20 Å². The molecule has 2 aliphatic heterocycles. The molecule has 0 atom stereocenters. The molecule has 2 aliphatic rings. The number of morpholine rings is 1. The number of rotatable bonds is 8. The van der Waals surface area contributed by atoms with Crippen LogP contribution in [0.15, 0.2) is 30.5 Å². The Bertz CT molecular complexity index is 885. The highest BCUT2D eigenvalue weighted by Crippen LogP contribution is 2.20. The molecule has 31 heavy (non-hydrogen) atoms. The highest BCUT2D eigenvalue weighted by Gasteiger charge is 2.19. The first-order valence-corrected chi connectivity index (χ1v) is 11.1. The van der Waals surface area contributed by atoms with Gasteiger partial charge in [-0.2, -0.15) is 0 Å². The third kappa shape index (κ3) is 6.06. The average Bonchev–Trinajstić information content (AvgIpc) is 3.34. The largest absolute Gasteiger partial charge is 0.492 e. The van der Waals surface area contributed by atoms with E-state index in [0.717, 1.165) is 70.1 Å². The Labute approximate surface area is 187 Å². The van der Waals surface area contributed by atoms with Crippen LogP contribution in [0.1, 0.15) is 28.9 Å². The van der Waals surface area contributed by atoms with Crippen molar-refractivity contribution in [1.82, 2.24) is 20.2 Å². The van der Waals surface area contributed by atoms with Crippen molar-refractivity contribution in [3.05, 3.63) is 46.7 Å². The normalized spacial score (nSPS) is 17.0. The van der Waals surface area contributed by atoms with Crippen LogP contribution >= 0.6 is 11.6 Å². The van der Waals surface area contributed by atoms with E-state index >= 15 is 0 Å². The minimum absolute atomic E-state index is 0.205. The average molecular weight is 446 g/mol. The summed E-state index contributed by atoms with van der Waals surface area (Å²) in [7, 11) is 0. The summed E-state index contributed by atoms with van der Waals surface area (Å²) in [6, 6.07) is 7.74. The lowest BCUT2D eigenvalue weighted by atomic mass is 10.2. The molecule has 4 rings (SSSR count). The molecule has 166 valence electrons. The number of hydrogen-bond donors (Lipinski definition) is 1. The molecule has 1 N–H and O–H groups in total. The van der Waals surface area contributed by atoms with Gasteiger partial charge in [0.25, 0.3) is 5.91 Å². The maximum atomic E-state index is 12.7. The molecule has 2 aromatic rings. The summed E-state index contributed by atoms with van der Waals surface area (Å²) in [6.07, 6.45) is 3.72. The number of ether oxygens (including phenoxy) is 2. The highest BCUT2D eigenvalue weighted by atomic mass is 35.5. The molecule has 0 radical (unpaired) electrons. The van der Waals surface area contributed by atoms with Gasteiger partial charge < -0.3 is 19.7 Å². The number of aromatic nitrogens is 2. The van der Waals surface area contributed by atoms with Gasteiger partial charge in [-0.15, -0.1) is 0 Å². The molecule has 2 fully saturated rings. The first kappa shape index (κ1) is 21.8. The number of nitrogens with one attached hydrogen (secondary N) is 1. The quantitative estimate of drug-likeness (QED) is 0.668. The van der Waals surface area contributed by atoms with Crippen molar-refractivity contribution < 1.29 is 14.3 Å². The van der Waals surface area contributed by atoms with Crippen molar-refractivity contribution in [2.75, 3.05) is 57.4 Å². The molecule has 3 heterocycles. The van der Waals surface area contributed by atoms with Crippen LogP contribution in [0.4, 0.5) is 5.95 Å². The third-order valence-corrected chi connectivity index (χ3v) is 5.74. The molecule has 0 saturated carbocycles. The van der Waals surface area contributed by atoms with E-state index in [4.69, 9.17) is 21.1 Å². The van der Waals surface area contributed by atoms with Gasteiger partial charge in [-0.1, -0.05) is 23.7 Å². The fourth-order valence-electron chi connectivity index (χ4n) is 3.72. The first-order valence-electron chi connectivity index (χ1n) is 10.8. The maximum absolute atomic E-state index is 12.7. The van der Waals surface area contributed by atoms with E-state index in [1.54, 1.807) is 0 Å². The molecule has 0 spiro atoms.